The number of rotatable bonds is 6. The monoisotopic (exact) mass is 454 g/mol. The molecule has 0 radical (unpaired) electrons. The number of benzene rings is 1. The highest BCUT2D eigenvalue weighted by atomic mass is 16.5. The van der Waals surface area contributed by atoms with Gasteiger partial charge in [0.15, 0.2) is 22.8 Å². The third kappa shape index (κ3) is 4.25. The molecule has 34 heavy (non-hydrogen) atoms. The van der Waals surface area contributed by atoms with Gasteiger partial charge < -0.3 is 19.5 Å². The molecule has 0 amide bonds. The molecule has 0 spiro atoms. The van der Waals surface area contributed by atoms with Crippen LogP contribution in [0.25, 0.3) is 22.6 Å². The van der Waals surface area contributed by atoms with E-state index in [2.05, 4.69) is 22.1 Å². The van der Waals surface area contributed by atoms with Crippen LogP contribution in [-0.4, -0.2) is 56.0 Å². The van der Waals surface area contributed by atoms with E-state index in [-0.39, 0.29) is 11.8 Å². The average Bonchev–Trinajstić information content (AvgIpc) is 3.21. The standard InChI is InChI=1S/C25H26N8O/c1-17-16-34-15-14-33(17)25-21-24(32(2)23(29-21)18-8-11-27-12-9-18)30-22(31-25)20(26)10-13-28-19-6-4-3-5-7-19/h3-13,17,26,28H,14-16H2,1-2H3/b13-10-,26-20?. The second-order valence-corrected chi connectivity index (χ2v) is 8.15. The van der Waals surface area contributed by atoms with Crippen LogP contribution < -0.4 is 10.2 Å². The van der Waals surface area contributed by atoms with E-state index in [9.17, 15) is 0 Å². The predicted molar refractivity (Wildman–Crippen MR) is 133 cm³/mol. The third-order valence-corrected chi connectivity index (χ3v) is 5.79. The minimum atomic E-state index is 0.135. The van der Waals surface area contributed by atoms with Crippen LogP contribution in [0.5, 0.6) is 0 Å². The first-order valence-corrected chi connectivity index (χ1v) is 11.2. The molecule has 9 nitrogen and oxygen atoms in total. The number of nitrogens with one attached hydrogen (secondary N) is 2. The largest absolute Gasteiger partial charge is 0.377 e. The van der Waals surface area contributed by atoms with Gasteiger partial charge in [-0.05, 0) is 37.3 Å². The second kappa shape index (κ2) is 9.40. The summed E-state index contributed by atoms with van der Waals surface area (Å²) in [6.45, 7) is 4.04. The minimum absolute atomic E-state index is 0.135. The zero-order valence-electron chi connectivity index (χ0n) is 19.1. The van der Waals surface area contributed by atoms with E-state index in [0.29, 0.717) is 36.7 Å². The van der Waals surface area contributed by atoms with E-state index in [4.69, 9.17) is 25.1 Å². The van der Waals surface area contributed by atoms with Gasteiger partial charge in [0, 0.05) is 43.4 Å². The van der Waals surface area contributed by atoms with Gasteiger partial charge in [-0.2, -0.15) is 0 Å². The molecule has 172 valence electrons. The summed E-state index contributed by atoms with van der Waals surface area (Å²) in [5.41, 5.74) is 3.49. The molecule has 4 heterocycles. The van der Waals surface area contributed by atoms with Gasteiger partial charge in [-0.15, -0.1) is 0 Å². The Morgan fingerprint density at radius 2 is 1.91 bits per heavy atom. The first kappa shape index (κ1) is 21.7. The fraction of sp³-hybridized carbons (Fsp3) is 0.240. The van der Waals surface area contributed by atoms with Crippen LogP contribution in [0.1, 0.15) is 12.7 Å². The fourth-order valence-corrected chi connectivity index (χ4v) is 4.00. The molecule has 1 saturated heterocycles. The van der Waals surface area contributed by atoms with Crippen LogP contribution in [0, 0.1) is 5.41 Å². The highest BCUT2D eigenvalue weighted by Crippen LogP contribution is 2.30. The summed E-state index contributed by atoms with van der Waals surface area (Å²) in [5, 5.41) is 11.8. The van der Waals surface area contributed by atoms with Gasteiger partial charge in [0.2, 0.25) is 0 Å². The molecule has 4 aromatic rings. The number of pyridine rings is 1. The molecule has 9 heteroatoms. The number of allylic oxidation sites excluding steroid dienone is 1. The Morgan fingerprint density at radius 1 is 1.12 bits per heavy atom. The van der Waals surface area contributed by atoms with Gasteiger partial charge in [-0.1, -0.05) is 18.2 Å². The lowest BCUT2D eigenvalue weighted by Gasteiger charge is -2.34. The molecule has 5 rings (SSSR count). The SMILES string of the molecule is CC1COCCN1c1nc(C(=N)/C=C\Nc2ccccc2)nc2c1nc(-c1ccncc1)n2C. The molecule has 3 aromatic heterocycles. The van der Waals surface area contributed by atoms with Crippen molar-refractivity contribution in [2.75, 3.05) is 30.0 Å². The van der Waals surface area contributed by atoms with Gasteiger partial charge in [0.05, 0.1) is 19.3 Å². The minimum Gasteiger partial charge on any atom is -0.377 e. The number of hydrogen-bond acceptors (Lipinski definition) is 8. The molecule has 0 bridgehead atoms. The topological polar surface area (TPSA) is 105 Å². The number of anilines is 2. The Hall–Kier alpha value is -4.11. The van der Waals surface area contributed by atoms with Crippen LogP contribution in [0.4, 0.5) is 11.5 Å². The Bertz CT molecular complexity index is 1330. The Kier molecular flexibility index (Phi) is 6.01. The van der Waals surface area contributed by atoms with Gasteiger partial charge in [0.1, 0.15) is 11.5 Å². The number of morpholine rings is 1. The summed E-state index contributed by atoms with van der Waals surface area (Å²) in [6, 6.07) is 13.8. The highest BCUT2D eigenvalue weighted by molar-refractivity contribution is 6.05. The van der Waals surface area contributed by atoms with Gasteiger partial charge in [-0.25, -0.2) is 15.0 Å². The van der Waals surface area contributed by atoms with Crippen molar-refractivity contribution >= 4 is 28.4 Å². The lowest BCUT2D eigenvalue weighted by atomic mass is 10.2. The number of aryl methyl sites for hydroxylation is 1. The number of nitrogens with zero attached hydrogens (tertiary/aromatic N) is 6. The lowest BCUT2D eigenvalue weighted by Crippen LogP contribution is -2.44. The number of fused-ring (bicyclic) bond motifs is 1. The van der Waals surface area contributed by atoms with Crippen LogP contribution in [0.2, 0.25) is 0 Å². The Labute approximate surface area is 197 Å². The zero-order valence-corrected chi connectivity index (χ0v) is 19.1. The third-order valence-electron chi connectivity index (χ3n) is 5.79. The van der Waals surface area contributed by atoms with Crippen molar-refractivity contribution in [2.45, 2.75) is 13.0 Å². The summed E-state index contributed by atoms with van der Waals surface area (Å²) in [4.78, 5) is 20.8. The van der Waals surface area contributed by atoms with Crippen molar-refractivity contribution in [3.05, 3.63) is 73.0 Å². The highest BCUT2D eigenvalue weighted by Gasteiger charge is 2.26. The molecule has 1 fully saturated rings. The molecular weight excluding hydrogens is 428 g/mol. The number of hydrogen-bond donors (Lipinski definition) is 2. The lowest BCUT2D eigenvalue weighted by molar-refractivity contribution is 0.0986. The quantitative estimate of drug-likeness (QED) is 0.429. The van der Waals surface area contributed by atoms with Crippen molar-refractivity contribution in [3.8, 4) is 11.4 Å². The molecular formula is C25H26N8O. The number of ether oxygens (including phenoxy) is 1. The van der Waals surface area contributed by atoms with Crippen molar-refractivity contribution in [3.63, 3.8) is 0 Å². The summed E-state index contributed by atoms with van der Waals surface area (Å²) in [7, 11) is 1.94. The van der Waals surface area contributed by atoms with Gasteiger partial charge >= 0.3 is 0 Å². The Balaban J connectivity index is 1.57. The summed E-state index contributed by atoms with van der Waals surface area (Å²) in [5.74, 6) is 1.84. The van der Waals surface area contributed by atoms with E-state index >= 15 is 0 Å². The van der Waals surface area contributed by atoms with Crippen LogP contribution in [-0.2, 0) is 11.8 Å². The van der Waals surface area contributed by atoms with E-state index in [1.54, 1.807) is 24.7 Å². The van der Waals surface area contributed by atoms with Gasteiger partial charge in [-0.3, -0.25) is 10.4 Å². The Morgan fingerprint density at radius 3 is 2.68 bits per heavy atom. The van der Waals surface area contributed by atoms with Crippen molar-refractivity contribution in [1.82, 2.24) is 24.5 Å². The number of imidazole rings is 1. The molecule has 1 aromatic carbocycles. The maximum atomic E-state index is 8.64. The smallest absolute Gasteiger partial charge is 0.181 e. The van der Waals surface area contributed by atoms with E-state index in [1.807, 2.05) is 54.1 Å². The first-order chi connectivity index (χ1) is 16.6. The van der Waals surface area contributed by atoms with Crippen LogP contribution in [0.15, 0.2) is 67.1 Å². The maximum Gasteiger partial charge on any atom is 0.181 e. The molecule has 0 saturated carbocycles. The first-order valence-electron chi connectivity index (χ1n) is 11.2. The molecule has 2 N–H and O–H groups in total. The summed E-state index contributed by atoms with van der Waals surface area (Å²) < 4.78 is 7.59. The average molecular weight is 455 g/mol. The second-order valence-electron chi connectivity index (χ2n) is 8.15. The normalized spacial score (nSPS) is 16.3. The molecule has 1 atom stereocenters. The fourth-order valence-electron chi connectivity index (χ4n) is 4.00. The van der Waals surface area contributed by atoms with Gasteiger partial charge in [0.25, 0.3) is 0 Å². The number of aromatic nitrogens is 5. The molecule has 0 aliphatic carbocycles. The predicted octanol–water partition coefficient (Wildman–Crippen LogP) is 3.64. The van der Waals surface area contributed by atoms with Crippen molar-refractivity contribution in [2.24, 2.45) is 7.05 Å². The molecule has 1 unspecified atom stereocenters. The van der Waals surface area contributed by atoms with Crippen molar-refractivity contribution in [1.29, 1.82) is 5.41 Å². The molecule has 1 aliphatic rings. The summed E-state index contributed by atoms with van der Waals surface area (Å²) in [6.07, 6.45) is 6.89. The van der Waals surface area contributed by atoms with E-state index in [1.165, 1.54) is 0 Å². The maximum absolute atomic E-state index is 8.64. The van der Waals surface area contributed by atoms with E-state index in [0.717, 1.165) is 22.9 Å². The zero-order chi connectivity index (χ0) is 23.5. The van der Waals surface area contributed by atoms with Crippen LogP contribution >= 0.6 is 0 Å². The van der Waals surface area contributed by atoms with Crippen molar-refractivity contribution < 1.29 is 4.74 Å². The summed E-state index contributed by atoms with van der Waals surface area (Å²) >= 11 is 0. The molecule has 1 aliphatic heterocycles. The van der Waals surface area contributed by atoms with E-state index < -0.39 is 0 Å². The van der Waals surface area contributed by atoms with Crippen LogP contribution in [0.3, 0.4) is 0 Å². The number of para-hydroxylation sites is 1.